The lowest BCUT2D eigenvalue weighted by molar-refractivity contribution is 0.0960. The minimum Gasteiger partial charge on any atom is -0.278 e. The summed E-state index contributed by atoms with van der Waals surface area (Å²) < 4.78 is 1.45. The lowest BCUT2D eigenvalue weighted by atomic mass is 10.1. The Hall–Kier alpha value is -2.43. The summed E-state index contributed by atoms with van der Waals surface area (Å²) in [4.78, 5) is 15.8. The highest BCUT2D eigenvalue weighted by Crippen LogP contribution is 2.13. The van der Waals surface area contributed by atoms with Gasteiger partial charge in [0.1, 0.15) is 6.33 Å². The van der Waals surface area contributed by atoms with Gasteiger partial charge in [-0.1, -0.05) is 0 Å². The zero-order chi connectivity index (χ0) is 11.0. The number of fused-ring (bicyclic) bond motifs is 1. The topological polar surface area (TPSA) is 63.6 Å². The number of rotatable bonds is 1. The minimum atomic E-state index is -0.0967. The standard InChI is InChI=1S/C11H8N4O/c16-11(15-4-3-12-7-15)8-1-2-10-9(5-8)6-13-14-10/h1-7H,(H,13,14). The molecule has 0 saturated heterocycles. The first-order chi connectivity index (χ1) is 7.84. The van der Waals surface area contributed by atoms with Crippen LogP contribution in [-0.4, -0.2) is 25.7 Å². The zero-order valence-corrected chi connectivity index (χ0v) is 8.29. The molecule has 0 radical (unpaired) electrons. The van der Waals surface area contributed by atoms with Crippen molar-refractivity contribution in [3.63, 3.8) is 0 Å². The molecule has 2 aromatic heterocycles. The molecule has 1 aromatic carbocycles. The van der Waals surface area contributed by atoms with Crippen molar-refractivity contribution in [2.75, 3.05) is 0 Å². The monoisotopic (exact) mass is 212 g/mol. The molecule has 0 fully saturated rings. The van der Waals surface area contributed by atoms with Crippen molar-refractivity contribution in [2.45, 2.75) is 0 Å². The molecule has 0 unspecified atom stereocenters. The van der Waals surface area contributed by atoms with Crippen LogP contribution in [-0.2, 0) is 0 Å². The SMILES string of the molecule is O=C(c1ccc2[nH]ncc2c1)n1ccnc1. The normalized spacial score (nSPS) is 10.8. The first-order valence-electron chi connectivity index (χ1n) is 4.80. The lowest BCUT2D eigenvalue weighted by Gasteiger charge is -2.00. The van der Waals surface area contributed by atoms with Gasteiger partial charge in [-0.15, -0.1) is 0 Å². The van der Waals surface area contributed by atoms with Crippen LogP contribution in [0.5, 0.6) is 0 Å². The fourth-order valence-corrected chi connectivity index (χ4v) is 1.60. The third-order valence-electron chi connectivity index (χ3n) is 2.43. The Morgan fingerprint density at radius 3 is 3.12 bits per heavy atom. The van der Waals surface area contributed by atoms with Crippen molar-refractivity contribution in [1.29, 1.82) is 0 Å². The summed E-state index contributed by atoms with van der Waals surface area (Å²) in [5.41, 5.74) is 1.54. The van der Waals surface area contributed by atoms with E-state index in [-0.39, 0.29) is 5.91 Å². The maximum atomic E-state index is 12.0. The van der Waals surface area contributed by atoms with E-state index >= 15 is 0 Å². The van der Waals surface area contributed by atoms with Gasteiger partial charge in [-0.05, 0) is 18.2 Å². The molecule has 0 aliphatic rings. The van der Waals surface area contributed by atoms with Crippen LogP contribution in [0, 0.1) is 0 Å². The van der Waals surface area contributed by atoms with Gasteiger partial charge >= 0.3 is 0 Å². The number of aromatic amines is 1. The van der Waals surface area contributed by atoms with E-state index in [2.05, 4.69) is 15.2 Å². The van der Waals surface area contributed by atoms with Gasteiger partial charge < -0.3 is 0 Å². The number of hydrogen-bond donors (Lipinski definition) is 1. The van der Waals surface area contributed by atoms with Gasteiger partial charge in [0, 0.05) is 23.3 Å². The molecule has 78 valence electrons. The second kappa shape index (κ2) is 3.30. The number of hydrogen-bond acceptors (Lipinski definition) is 3. The van der Waals surface area contributed by atoms with E-state index < -0.39 is 0 Å². The quantitative estimate of drug-likeness (QED) is 0.664. The first-order valence-corrected chi connectivity index (χ1v) is 4.80. The van der Waals surface area contributed by atoms with E-state index in [0.717, 1.165) is 10.9 Å². The number of aromatic nitrogens is 4. The molecule has 5 nitrogen and oxygen atoms in total. The van der Waals surface area contributed by atoms with Crippen molar-refractivity contribution in [2.24, 2.45) is 0 Å². The van der Waals surface area contributed by atoms with Crippen LogP contribution < -0.4 is 0 Å². The fourth-order valence-electron chi connectivity index (χ4n) is 1.60. The first kappa shape index (κ1) is 8.84. The van der Waals surface area contributed by atoms with E-state index in [1.807, 2.05) is 6.07 Å². The van der Waals surface area contributed by atoms with Gasteiger partial charge in [0.15, 0.2) is 0 Å². The number of carbonyl (C=O) groups excluding carboxylic acids is 1. The number of H-pyrrole nitrogens is 1. The molecule has 0 atom stereocenters. The van der Waals surface area contributed by atoms with Crippen LogP contribution in [0.2, 0.25) is 0 Å². The van der Waals surface area contributed by atoms with Crippen LogP contribution in [0.4, 0.5) is 0 Å². The molecule has 3 rings (SSSR count). The zero-order valence-electron chi connectivity index (χ0n) is 8.29. The molecule has 0 amide bonds. The highest BCUT2D eigenvalue weighted by atomic mass is 16.2. The number of carbonyl (C=O) groups is 1. The van der Waals surface area contributed by atoms with Crippen LogP contribution in [0.1, 0.15) is 10.4 Å². The average molecular weight is 212 g/mol. The van der Waals surface area contributed by atoms with Crippen molar-refractivity contribution >= 4 is 16.8 Å². The third kappa shape index (κ3) is 1.30. The van der Waals surface area contributed by atoms with E-state index in [1.54, 1.807) is 30.7 Å². The van der Waals surface area contributed by atoms with Gasteiger partial charge in [-0.25, -0.2) is 4.98 Å². The smallest absolute Gasteiger partial charge is 0.263 e. The van der Waals surface area contributed by atoms with E-state index in [0.29, 0.717) is 5.56 Å². The van der Waals surface area contributed by atoms with Gasteiger partial charge in [0.25, 0.3) is 5.91 Å². The number of benzene rings is 1. The van der Waals surface area contributed by atoms with Crippen LogP contribution in [0.3, 0.4) is 0 Å². The molecular weight excluding hydrogens is 204 g/mol. The number of nitrogens with zero attached hydrogens (tertiary/aromatic N) is 3. The largest absolute Gasteiger partial charge is 0.278 e. The molecule has 2 heterocycles. The van der Waals surface area contributed by atoms with Crippen molar-refractivity contribution < 1.29 is 4.79 Å². The number of nitrogens with one attached hydrogen (secondary N) is 1. The molecular formula is C11H8N4O. The van der Waals surface area contributed by atoms with Crippen LogP contribution in [0.15, 0.2) is 43.1 Å². The maximum Gasteiger partial charge on any atom is 0.263 e. The second-order valence-corrected chi connectivity index (χ2v) is 3.45. The predicted octanol–water partition coefficient (Wildman–Crippen LogP) is 1.45. The lowest BCUT2D eigenvalue weighted by Crippen LogP contribution is -2.09. The molecule has 0 saturated carbocycles. The Bertz CT molecular complexity index is 639. The summed E-state index contributed by atoms with van der Waals surface area (Å²) >= 11 is 0. The highest BCUT2D eigenvalue weighted by molar-refractivity contribution is 5.99. The maximum absolute atomic E-state index is 12.0. The predicted molar refractivity (Wildman–Crippen MR) is 58.0 cm³/mol. The Kier molecular flexibility index (Phi) is 1.83. The summed E-state index contributed by atoms with van der Waals surface area (Å²) in [6.45, 7) is 0. The summed E-state index contributed by atoms with van der Waals surface area (Å²) in [5, 5.41) is 7.67. The Morgan fingerprint density at radius 1 is 1.38 bits per heavy atom. The molecule has 5 heteroatoms. The summed E-state index contributed by atoms with van der Waals surface area (Å²) in [7, 11) is 0. The highest BCUT2D eigenvalue weighted by Gasteiger charge is 2.08. The molecule has 0 aliphatic heterocycles. The van der Waals surface area contributed by atoms with E-state index in [4.69, 9.17) is 0 Å². The Labute approximate surface area is 90.7 Å². The van der Waals surface area contributed by atoms with Crippen LogP contribution >= 0.6 is 0 Å². The van der Waals surface area contributed by atoms with Crippen molar-refractivity contribution in [3.05, 3.63) is 48.7 Å². The fraction of sp³-hybridized carbons (Fsp3) is 0. The second-order valence-electron chi connectivity index (χ2n) is 3.45. The van der Waals surface area contributed by atoms with E-state index in [9.17, 15) is 4.79 Å². The van der Waals surface area contributed by atoms with Gasteiger partial charge in [-0.3, -0.25) is 14.5 Å². The Morgan fingerprint density at radius 2 is 2.31 bits per heavy atom. The van der Waals surface area contributed by atoms with Crippen LogP contribution in [0.25, 0.3) is 10.9 Å². The van der Waals surface area contributed by atoms with Gasteiger partial charge in [0.2, 0.25) is 0 Å². The Balaban J connectivity index is 2.09. The molecule has 0 spiro atoms. The average Bonchev–Trinajstić information content (AvgIpc) is 2.98. The van der Waals surface area contributed by atoms with E-state index in [1.165, 1.54) is 10.9 Å². The van der Waals surface area contributed by atoms with Crippen molar-refractivity contribution in [1.82, 2.24) is 19.7 Å². The third-order valence-corrected chi connectivity index (χ3v) is 2.43. The molecule has 0 bridgehead atoms. The van der Waals surface area contributed by atoms with Gasteiger partial charge in [0.05, 0.1) is 11.7 Å². The summed E-state index contributed by atoms with van der Waals surface area (Å²) in [6, 6.07) is 5.41. The molecule has 3 aromatic rings. The molecule has 0 aliphatic carbocycles. The summed E-state index contributed by atoms with van der Waals surface area (Å²) in [6.07, 6.45) is 6.39. The number of imidazole rings is 1. The molecule has 16 heavy (non-hydrogen) atoms. The summed E-state index contributed by atoms with van der Waals surface area (Å²) in [5.74, 6) is -0.0967. The minimum absolute atomic E-state index is 0.0967. The van der Waals surface area contributed by atoms with Gasteiger partial charge in [-0.2, -0.15) is 5.10 Å². The molecule has 1 N–H and O–H groups in total. The van der Waals surface area contributed by atoms with Crippen molar-refractivity contribution in [3.8, 4) is 0 Å².